The summed E-state index contributed by atoms with van der Waals surface area (Å²) in [4.78, 5) is 26.2. The van der Waals surface area contributed by atoms with Crippen LogP contribution in [0.15, 0.2) is 24.3 Å². The molecule has 1 aliphatic heterocycles. The normalized spacial score (nSPS) is 26.9. The molecule has 0 radical (unpaired) electrons. The van der Waals surface area contributed by atoms with Gasteiger partial charge in [0.1, 0.15) is 5.75 Å². The molecule has 3 rings (SSSR count). The minimum Gasteiger partial charge on any atom is -0.496 e. The lowest BCUT2D eigenvalue weighted by molar-refractivity contribution is -0.149. The number of nitrogens with zero attached hydrogens (tertiary/aromatic N) is 1. The number of likely N-dealkylation sites (tertiary alicyclic amines) is 1. The van der Waals surface area contributed by atoms with E-state index in [-0.39, 0.29) is 17.7 Å². The van der Waals surface area contributed by atoms with E-state index in [1.54, 1.807) is 12.0 Å². The number of hydrogen-bond donors (Lipinski definition) is 1. The van der Waals surface area contributed by atoms with Crippen molar-refractivity contribution in [1.82, 2.24) is 4.90 Å². The molecule has 1 N–H and O–H groups in total. The predicted molar refractivity (Wildman–Crippen MR) is 90.0 cm³/mol. The molecular formula is C19H25NO4. The Balaban J connectivity index is 1.69. The molecule has 2 aliphatic rings. The van der Waals surface area contributed by atoms with Crippen LogP contribution in [0.5, 0.6) is 5.75 Å². The zero-order valence-electron chi connectivity index (χ0n) is 14.3. The van der Waals surface area contributed by atoms with E-state index < -0.39 is 11.4 Å². The van der Waals surface area contributed by atoms with Gasteiger partial charge in [-0.25, -0.2) is 0 Å². The molecule has 0 aromatic heterocycles. The molecule has 130 valence electrons. The predicted octanol–water partition coefficient (Wildman–Crippen LogP) is 2.90. The molecule has 0 spiro atoms. The van der Waals surface area contributed by atoms with Gasteiger partial charge in [0.05, 0.1) is 12.5 Å². The first-order chi connectivity index (χ1) is 11.5. The zero-order chi connectivity index (χ0) is 17.3. The van der Waals surface area contributed by atoms with Crippen LogP contribution in [0.1, 0.15) is 44.1 Å². The third-order valence-electron chi connectivity index (χ3n) is 5.80. The van der Waals surface area contributed by atoms with Crippen molar-refractivity contribution in [3.63, 3.8) is 0 Å². The average Bonchev–Trinajstić information content (AvgIpc) is 3.13. The number of para-hydroxylation sites is 1. The first-order valence-corrected chi connectivity index (χ1v) is 8.62. The van der Waals surface area contributed by atoms with E-state index in [1.807, 2.05) is 31.2 Å². The average molecular weight is 331 g/mol. The SMILES string of the molecule is COc1ccccc1C(C)CC(=O)N1C[C@@H]2CCC[C@@]2(C(=O)O)C1. The van der Waals surface area contributed by atoms with Crippen molar-refractivity contribution >= 4 is 11.9 Å². The lowest BCUT2D eigenvalue weighted by Crippen LogP contribution is -2.37. The van der Waals surface area contributed by atoms with Gasteiger partial charge in [-0.15, -0.1) is 0 Å². The quantitative estimate of drug-likeness (QED) is 0.901. The van der Waals surface area contributed by atoms with Gasteiger partial charge in [-0.2, -0.15) is 0 Å². The fourth-order valence-electron chi connectivity index (χ4n) is 4.40. The van der Waals surface area contributed by atoms with Crippen LogP contribution in [0.25, 0.3) is 0 Å². The molecule has 1 aliphatic carbocycles. The monoisotopic (exact) mass is 331 g/mol. The van der Waals surface area contributed by atoms with Crippen molar-refractivity contribution in [3.8, 4) is 5.75 Å². The summed E-state index contributed by atoms with van der Waals surface area (Å²) in [6, 6.07) is 7.73. The maximum absolute atomic E-state index is 12.7. The number of hydrogen-bond acceptors (Lipinski definition) is 3. The third-order valence-corrected chi connectivity index (χ3v) is 5.80. The van der Waals surface area contributed by atoms with Gasteiger partial charge in [-0.05, 0) is 36.3 Å². The van der Waals surface area contributed by atoms with Gasteiger partial charge in [0, 0.05) is 19.5 Å². The second-order valence-corrected chi connectivity index (χ2v) is 7.17. The number of carbonyl (C=O) groups is 2. The molecule has 1 unspecified atom stereocenters. The highest BCUT2D eigenvalue weighted by molar-refractivity contribution is 5.82. The Hall–Kier alpha value is -2.04. The number of benzene rings is 1. The summed E-state index contributed by atoms with van der Waals surface area (Å²) in [5, 5.41) is 9.65. The molecule has 2 fully saturated rings. The van der Waals surface area contributed by atoms with Gasteiger partial charge >= 0.3 is 5.97 Å². The summed E-state index contributed by atoms with van der Waals surface area (Å²) in [6.07, 6.45) is 2.94. The Kier molecular flexibility index (Phi) is 4.52. The molecule has 1 aromatic rings. The Labute approximate surface area is 142 Å². The number of fused-ring (bicyclic) bond motifs is 1. The molecule has 3 atom stereocenters. The van der Waals surface area contributed by atoms with Crippen LogP contribution in [0.2, 0.25) is 0 Å². The summed E-state index contributed by atoms with van der Waals surface area (Å²) in [6.45, 7) is 2.97. The van der Waals surface area contributed by atoms with E-state index in [2.05, 4.69) is 0 Å². The standard InChI is InChI=1S/C19H25NO4/c1-13(15-7-3-4-8-16(15)24-2)10-17(21)20-11-14-6-5-9-19(14,12-20)18(22)23/h3-4,7-8,13-14H,5-6,9-12H2,1-2H3,(H,22,23)/t13?,14-,19+/m0/s1. The van der Waals surface area contributed by atoms with Gasteiger partial charge in [-0.3, -0.25) is 9.59 Å². The molecule has 1 amide bonds. The number of carboxylic acids is 1. The summed E-state index contributed by atoms with van der Waals surface area (Å²) in [5.74, 6) is 0.245. The van der Waals surface area contributed by atoms with Gasteiger partial charge in [0.25, 0.3) is 0 Å². The highest BCUT2D eigenvalue weighted by Crippen LogP contribution is 2.49. The van der Waals surface area contributed by atoms with E-state index in [0.717, 1.165) is 24.2 Å². The maximum Gasteiger partial charge on any atom is 0.311 e. The van der Waals surface area contributed by atoms with Crippen molar-refractivity contribution in [3.05, 3.63) is 29.8 Å². The minimum atomic E-state index is -0.738. The lowest BCUT2D eigenvalue weighted by atomic mass is 9.81. The Morgan fingerprint density at radius 1 is 1.42 bits per heavy atom. The Bertz CT molecular complexity index is 644. The van der Waals surface area contributed by atoms with E-state index in [9.17, 15) is 14.7 Å². The van der Waals surface area contributed by atoms with Gasteiger partial charge in [0.15, 0.2) is 0 Å². The van der Waals surface area contributed by atoms with E-state index in [1.165, 1.54) is 0 Å². The molecule has 5 nitrogen and oxygen atoms in total. The third kappa shape index (κ3) is 2.76. The first kappa shape index (κ1) is 16.8. The molecule has 1 saturated heterocycles. The number of aliphatic carboxylic acids is 1. The van der Waals surface area contributed by atoms with Crippen LogP contribution in [0.4, 0.5) is 0 Å². The largest absolute Gasteiger partial charge is 0.496 e. The zero-order valence-corrected chi connectivity index (χ0v) is 14.3. The number of carboxylic acid groups (broad SMARTS) is 1. The van der Waals surface area contributed by atoms with Gasteiger partial charge in [-0.1, -0.05) is 31.5 Å². The van der Waals surface area contributed by atoms with E-state index in [0.29, 0.717) is 25.9 Å². The molecule has 1 saturated carbocycles. The number of ether oxygens (including phenoxy) is 1. The highest BCUT2D eigenvalue weighted by Gasteiger charge is 2.55. The summed E-state index contributed by atoms with van der Waals surface area (Å²) in [7, 11) is 1.63. The lowest BCUT2D eigenvalue weighted by Gasteiger charge is -2.24. The van der Waals surface area contributed by atoms with Crippen molar-refractivity contribution in [1.29, 1.82) is 0 Å². The summed E-state index contributed by atoms with van der Waals surface area (Å²) in [5.41, 5.74) is 0.310. The second kappa shape index (κ2) is 6.46. The van der Waals surface area contributed by atoms with E-state index in [4.69, 9.17) is 4.74 Å². The minimum absolute atomic E-state index is 0.0369. The van der Waals surface area contributed by atoms with E-state index >= 15 is 0 Å². The molecule has 0 bridgehead atoms. The summed E-state index contributed by atoms with van der Waals surface area (Å²) < 4.78 is 5.38. The molecule has 1 aromatic carbocycles. The van der Waals surface area contributed by atoms with Crippen molar-refractivity contribution in [2.75, 3.05) is 20.2 Å². The number of methoxy groups -OCH3 is 1. The van der Waals surface area contributed by atoms with Crippen LogP contribution in [-0.4, -0.2) is 42.1 Å². The van der Waals surface area contributed by atoms with Crippen molar-refractivity contribution < 1.29 is 19.4 Å². The fraction of sp³-hybridized carbons (Fsp3) is 0.579. The Morgan fingerprint density at radius 3 is 2.83 bits per heavy atom. The highest BCUT2D eigenvalue weighted by atomic mass is 16.5. The van der Waals surface area contributed by atoms with Crippen LogP contribution < -0.4 is 4.74 Å². The van der Waals surface area contributed by atoms with Crippen LogP contribution >= 0.6 is 0 Å². The number of rotatable bonds is 5. The van der Waals surface area contributed by atoms with Crippen LogP contribution in [0.3, 0.4) is 0 Å². The Morgan fingerprint density at radius 2 is 2.17 bits per heavy atom. The second-order valence-electron chi connectivity index (χ2n) is 7.17. The molecule has 1 heterocycles. The first-order valence-electron chi connectivity index (χ1n) is 8.62. The van der Waals surface area contributed by atoms with Crippen molar-refractivity contribution in [2.45, 2.75) is 38.5 Å². The van der Waals surface area contributed by atoms with Crippen molar-refractivity contribution in [2.24, 2.45) is 11.3 Å². The summed E-state index contributed by atoms with van der Waals surface area (Å²) >= 11 is 0. The molecular weight excluding hydrogens is 306 g/mol. The van der Waals surface area contributed by atoms with Gasteiger partial charge < -0.3 is 14.7 Å². The van der Waals surface area contributed by atoms with Gasteiger partial charge in [0.2, 0.25) is 5.91 Å². The fourth-order valence-corrected chi connectivity index (χ4v) is 4.40. The van der Waals surface area contributed by atoms with Crippen LogP contribution in [0, 0.1) is 11.3 Å². The topological polar surface area (TPSA) is 66.8 Å². The number of amides is 1. The molecule has 5 heteroatoms. The molecule has 24 heavy (non-hydrogen) atoms. The maximum atomic E-state index is 12.7. The van der Waals surface area contributed by atoms with Crippen LogP contribution in [-0.2, 0) is 9.59 Å². The number of carbonyl (C=O) groups excluding carboxylic acids is 1. The smallest absolute Gasteiger partial charge is 0.311 e.